The molecule has 0 heterocycles. The first-order valence-corrected chi connectivity index (χ1v) is 7.03. The number of ether oxygens (including phenoxy) is 2. The van der Waals surface area contributed by atoms with Gasteiger partial charge in [0.15, 0.2) is 0 Å². The number of esters is 1. The first-order chi connectivity index (χ1) is 9.71. The first kappa shape index (κ1) is 17.3. The van der Waals surface area contributed by atoms with Gasteiger partial charge in [-0.25, -0.2) is 4.79 Å². The molecule has 6 heteroatoms. The van der Waals surface area contributed by atoms with Gasteiger partial charge < -0.3 is 9.47 Å². The number of halogens is 1. The molecule has 0 atom stereocenters. The largest absolute Gasteiger partial charge is 0.466 e. The summed E-state index contributed by atoms with van der Waals surface area (Å²) in [6.07, 6.45) is -0.511. The molecule has 0 unspecified atom stereocenters. The monoisotopic (exact) mass is 313 g/mol. The van der Waals surface area contributed by atoms with Gasteiger partial charge in [0.25, 0.3) is 0 Å². The summed E-state index contributed by atoms with van der Waals surface area (Å²) < 4.78 is 10.0. The number of benzene rings is 1. The molecule has 0 aliphatic heterocycles. The Bertz CT molecular complexity index is 523. The number of hydrogen-bond donors (Lipinski definition) is 1. The minimum atomic E-state index is -0.579. The predicted octanol–water partition coefficient (Wildman–Crippen LogP) is 3.79. The van der Waals surface area contributed by atoms with E-state index in [9.17, 15) is 9.59 Å². The fourth-order valence-corrected chi connectivity index (χ4v) is 1.76. The van der Waals surface area contributed by atoms with E-state index in [-0.39, 0.29) is 12.4 Å². The van der Waals surface area contributed by atoms with Crippen LogP contribution in [-0.2, 0) is 20.7 Å². The molecular weight excluding hydrogens is 294 g/mol. The van der Waals surface area contributed by atoms with E-state index in [4.69, 9.17) is 21.1 Å². The Morgan fingerprint density at radius 3 is 2.52 bits per heavy atom. The number of amides is 1. The fraction of sp³-hybridized carbons (Fsp3) is 0.467. The molecule has 0 saturated carbocycles. The second-order valence-corrected chi connectivity index (χ2v) is 5.82. The summed E-state index contributed by atoms with van der Waals surface area (Å²) in [5.41, 5.74) is 0.515. The lowest BCUT2D eigenvalue weighted by atomic mass is 10.1. The molecule has 0 aliphatic rings. The van der Waals surface area contributed by atoms with E-state index in [2.05, 4.69) is 5.32 Å². The summed E-state index contributed by atoms with van der Waals surface area (Å²) in [7, 11) is 0. The van der Waals surface area contributed by atoms with Gasteiger partial charge in [-0.3, -0.25) is 10.1 Å². The molecule has 0 spiro atoms. The topological polar surface area (TPSA) is 64.6 Å². The van der Waals surface area contributed by atoms with E-state index >= 15 is 0 Å². The lowest BCUT2D eigenvalue weighted by Gasteiger charge is -2.19. The zero-order valence-electron chi connectivity index (χ0n) is 12.7. The zero-order chi connectivity index (χ0) is 16.0. The number of anilines is 1. The highest BCUT2D eigenvalue weighted by Gasteiger charge is 2.17. The Balaban J connectivity index is 2.77. The number of carbonyl (C=O) groups excluding carboxylic acids is 2. The van der Waals surface area contributed by atoms with E-state index in [1.165, 1.54) is 0 Å². The van der Waals surface area contributed by atoms with E-state index in [1.54, 1.807) is 45.9 Å². The highest BCUT2D eigenvalue weighted by atomic mass is 35.5. The van der Waals surface area contributed by atoms with Crippen molar-refractivity contribution in [2.75, 3.05) is 11.9 Å². The molecule has 1 rings (SSSR count). The van der Waals surface area contributed by atoms with Crippen LogP contribution in [0.15, 0.2) is 18.2 Å². The van der Waals surface area contributed by atoms with Crippen LogP contribution in [0.4, 0.5) is 10.5 Å². The van der Waals surface area contributed by atoms with Gasteiger partial charge in [-0.05, 0) is 51.5 Å². The molecule has 1 aromatic rings. The fourth-order valence-electron chi connectivity index (χ4n) is 1.58. The quantitative estimate of drug-likeness (QED) is 0.859. The van der Waals surface area contributed by atoms with Crippen molar-refractivity contribution in [2.45, 2.75) is 39.7 Å². The van der Waals surface area contributed by atoms with Gasteiger partial charge in [-0.1, -0.05) is 11.6 Å². The van der Waals surface area contributed by atoms with Crippen LogP contribution in [0.1, 0.15) is 33.3 Å². The van der Waals surface area contributed by atoms with Crippen LogP contribution in [0.5, 0.6) is 0 Å². The second-order valence-electron chi connectivity index (χ2n) is 5.41. The van der Waals surface area contributed by atoms with Crippen molar-refractivity contribution in [1.82, 2.24) is 0 Å². The molecule has 0 fully saturated rings. The van der Waals surface area contributed by atoms with Gasteiger partial charge in [-0.2, -0.15) is 0 Å². The van der Waals surface area contributed by atoms with Gasteiger partial charge >= 0.3 is 12.1 Å². The van der Waals surface area contributed by atoms with E-state index < -0.39 is 11.7 Å². The van der Waals surface area contributed by atoms with Crippen LogP contribution in [0.3, 0.4) is 0 Å². The molecule has 0 aliphatic carbocycles. The van der Waals surface area contributed by atoms with Gasteiger partial charge in [0.05, 0.1) is 13.0 Å². The highest BCUT2D eigenvalue weighted by molar-refractivity contribution is 6.31. The lowest BCUT2D eigenvalue weighted by molar-refractivity contribution is -0.142. The van der Waals surface area contributed by atoms with Crippen molar-refractivity contribution in [2.24, 2.45) is 0 Å². The Kier molecular flexibility index (Phi) is 6.03. The SMILES string of the molecule is CCOC(=O)Cc1cc(NC(=O)OC(C)(C)C)ccc1Cl. The van der Waals surface area contributed by atoms with Crippen LogP contribution in [-0.4, -0.2) is 24.3 Å². The first-order valence-electron chi connectivity index (χ1n) is 6.65. The smallest absolute Gasteiger partial charge is 0.412 e. The second kappa shape index (κ2) is 7.31. The molecule has 1 aromatic carbocycles. The standard InChI is InChI=1S/C15H20ClNO4/c1-5-20-13(18)9-10-8-11(6-7-12(10)16)17-14(19)21-15(2,3)4/h6-8H,5,9H2,1-4H3,(H,17,19). The Hall–Kier alpha value is -1.75. The number of rotatable bonds is 4. The summed E-state index contributed by atoms with van der Waals surface area (Å²) in [4.78, 5) is 23.2. The highest BCUT2D eigenvalue weighted by Crippen LogP contribution is 2.22. The number of hydrogen-bond acceptors (Lipinski definition) is 4. The molecule has 1 N–H and O–H groups in total. The molecule has 0 radical (unpaired) electrons. The van der Waals surface area contributed by atoms with Crippen LogP contribution < -0.4 is 5.32 Å². The van der Waals surface area contributed by atoms with Crippen LogP contribution in [0.25, 0.3) is 0 Å². The molecular formula is C15H20ClNO4. The van der Waals surface area contributed by atoms with Gasteiger partial charge in [-0.15, -0.1) is 0 Å². The van der Waals surface area contributed by atoms with E-state index in [1.807, 2.05) is 0 Å². The molecule has 21 heavy (non-hydrogen) atoms. The van der Waals surface area contributed by atoms with Crippen LogP contribution in [0, 0.1) is 0 Å². The van der Waals surface area contributed by atoms with Crippen molar-refractivity contribution < 1.29 is 19.1 Å². The van der Waals surface area contributed by atoms with Gasteiger partial charge in [0.1, 0.15) is 5.60 Å². The summed E-state index contributed by atoms with van der Waals surface area (Å²) in [5, 5.41) is 3.04. The van der Waals surface area contributed by atoms with Crippen molar-refractivity contribution in [3.8, 4) is 0 Å². The third-order valence-corrected chi connectivity index (χ3v) is 2.70. The molecule has 5 nitrogen and oxygen atoms in total. The number of nitrogens with one attached hydrogen (secondary N) is 1. The van der Waals surface area contributed by atoms with Gasteiger partial charge in [0, 0.05) is 10.7 Å². The molecule has 116 valence electrons. The minimum Gasteiger partial charge on any atom is -0.466 e. The van der Waals surface area contributed by atoms with Crippen molar-refractivity contribution in [3.05, 3.63) is 28.8 Å². The molecule has 0 aromatic heterocycles. The van der Waals surface area contributed by atoms with Crippen LogP contribution >= 0.6 is 11.6 Å². The van der Waals surface area contributed by atoms with E-state index in [0.29, 0.717) is 22.9 Å². The molecule has 0 saturated heterocycles. The normalized spacial score (nSPS) is 10.9. The Morgan fingerprint density at radius 1 is 1.29 bits per heavy atom. The van der Waals surface area contributed by atoms with Crippen LogP contribution in [0.2, 0.25) is 5.02 Å². The lowest BCUT2D eigenvalue weighted by Crippen LogP contribution is -2.27. The maximum Gasteiger partial charge on any atom is 0.412 e. The third-order valence-electron chi connectivity index (χ3n) is 2.33. The van der Waals surface area contributed by atoms with Crippen molar-refractivity contribution >= 4 is 29.4 Å². The molecule has 0 bridgehead atoms. The summed E-state index contributed by atoms with van der Waals surface area (Å²) in [6, 6.07) is 4.88. The van der Waals surface area contributed by atoms with E-state index in [0.717, 1.165) is 0 Å². The summed E-state index contributed by atoms with van der Waals surface area (Å²) in [5.74, 6) is -0.367. The average Bonchev–Trinajstić information content (AvgIpc) is 2.31. The Morgan fingerprint density at radius 2 is 1.95 bits per heavy atom. The third kappa shape index (κ3) is 6.49. The minimum absolute atomic E-state index is 0.0521. The van der Waals surface area contributed by atoms with Crippen molar-refractivity contribution in [1.29, 1.82) is 0 Å². The van der Waals surface area contributed by atoms with Gasteiger partial charge in [0.2, 0.25) is 0 Å². The predicted molar refractivity (Wildman–Crippen MR) is 81.6 cm³/mol. The molecule has 1 amide bonds. The average molecular weight is 314 g/mol. The maximum absolute atomic E-state index is 11.7. The number of carbonyl (C=O) groups is 2. The van der Waals surface area contributed by atoms with Crippen molar-refractivity contribution in [3.63, 3.8) is 0 Å². The zero-order valence-corrected chi connectivity index (χ0v) is 13.4. The summed E-state index contributed by atoms with van der Waals surface area (Å²) in [6.45, 7) is 7.38. The Labute approximate surface area is 129 Å². The summed E-state index contributed by atoms with van der Waals surface area (Å²) >= 11 is 6.03. The maximum atomic E-state index is 11.7.